The standard InChI is InChI=1S/C22H25ClF2O7/c23-16-6-3-13(20-18(28)19(29)21(30)22(10-26,11-27)32-20)8-14(16)7-12-1-4-15(5-2-12)31-9-17(24)25/h1-6,8,17-21,26-30H,7,9-11H2. The highest BCUT2D eigenvalue weighted by Gasteiger charge is 2.53. The second-order valence-corrected chi connectivity index (χ2v) is 8.13. The van der Waals surface area contributed by atoms with Gasteiger partial charge in [0.1, 0.15) is 42.4 Å². The highest BCUT2D eigenvalue weighted by Crippen LogP contribution is 2.39. The Morgan fingerprint density at radius 1 is 1.00 bits per heavy atom. The fourth-order valence-corrected chi connectivity index (χ4v) is 3.82. The predicted octanol–water partition coefficient (Wildman–Crippen LogP) is 1.45. The van der Waals surface area contributed by atoms with E-state index in [1.807, 2.05) is 0 Å². The van der Waals surface area contributed by atoms with Crippen LogP contribution in [-0.2, 0) is 11.2 Å². The van der Waals surface area contributed by atoms with Gasteiger partial charge in [0.2, 0.25) is 0 Å². The number of aliphatic hydroxyl groups excluding tert-OH is 5. The van der Waals surface area contributed by atoms with Crippen molar-refractivity contribution in [1.29, 1.82) is 0 Å². The third-order valence-corrected chi connectivity index (χ3v) is 5.88. The van der Waals surface area contributed by atoms with Gasteiger partial charge < -0.3 is 35.0 Å². The number of rotatable bonds is 8. The smallest absolute Gasteiger partial charge is 0.272 e. The minimum atomic E-state index is -2.57. The van der Waals surface area contributed by atoms with Gasteiger partial charge in [-0.3, -0.25) is 0 Å². The Hall–Kier alpha value is -1.85. The fourth-order valence-electron chi connectivity index (χ4n) is 3.64. The van der Waals surface area contributed by atoms with Gasteiger partial charge in [-0.1, -0.05) is 35.9 Å². The van der Waals surface area contributed by atoms with Crippen LogP contribution in [0, 0.1) is 0 Å². The zero-order valence-electron chi connectivity index (χ0n) is 16.9. The van der Waals surface area contributed by atoms with E-state index in [1.165, 1.54) is 0 Å². The monoisotopic (exact) mass is 474 g/mol. The molecule has 0 saturated carbocycles. The number of hydrogen-bond acceptors (Lipinski definition) is 7. The third-order valence-electron chi connectivity index (χ3n) is 5.51. The summed E-state index contributed by atoms with van der Waals surface area (Å²) in [6.07, 6.45) is -8.22. The van der Waals surface area contributed by atoms with Gasteiger partial charge in [-0.05, 0) is 41.3 Å². The number of alkyl halides is 2. The van der Waals surface area contributed by atoms with Gasteiger partial charge in [0.15, 0.2) is 0 Å². The molecule has 0 aromatic heterocycles. The molecule has 4 atom stereocenters. The molecule has 0 spiro atoms. The van der Waals surface area contributed by atoms with Crippen molar-refractivity contribution in [3.05, 3.63) is 64.2 Å². The molecule has 7 nitrogen and oxygen atoms in total. The van der Waals surface area contributed by atoms with Crippen LogP contribution in [0.15, 0.2) is 42.5 Å². The summed E-state index contributed by atoms with van der Waals surface area (Å²) in [6.45, 7) is -2.24. The maximum atomic E-state index is 12.3. The Balaban J connectivity index is 1.82. The Bertz CT molecular complexity index is 892. The number of ether oxygens (including phenoxy) is 2. The molecule has 4 unspecified atom stereocenters. The number of aliphatic hydroxyl groups is 5. The highest BCUT2D eigenvalue weighted by molar-refractivity contribution is 6.31. The zero-order valence-corrected chi connectivity index (χ0v) is 17.7. The Morgan fingerprint density at radius 2 is 1.66 bits per heavy atom. The van der Waals surface area contributed by atoms with Gasteiger partial charge in [-0.2, -0.15) is 0 Å². The van der Waals surface area contributed by atoms with E-state index in [9.17, 15) is 34.3 Å². The topological polar surface area (TPSA) is 120 Å². The molecule has 1 aliphatic rings. The molecule has 10 heteroatoms. The summed E-state index contributed by atoms with van der Waals surface area (Å²) in [5.74, 6) is 0.310. The van der Waals surface area contributed by atoms with E-state index in [0.717, 1.165) is 5.56 Å². The lowest BCUT2D eigenvalue weighted by Gasteiger charge is -2.47. The molecule has 3 rings (SSSR count). The van der Waals surface area contributed by atoms with Crippen LogP contribution in [0.5, 0.6) is 5.75 Å². The van der Waals surface area contributed by atoms with Crippen molar-refractivity contribution in [2.24, 2.45) is 0 Å². The maximum absolute atomic E-state index is 12.3. The van der Waals surface area contributed by atoms with Crippen LogP contribution in [0.3, 0.4) is 0 Å². The lowest BCUT2D eigenvalue weighted by atomic mass is 9.83. The highest BCUT2D eigenvalue weighted by atomic mass is 35.5. The maximum Gasteiger partial charge on any atom is 0.272 e. The summed E-state index contributed by atoms with van der Waals surface area (Å²) in [5.41, 5.74) is 0.0393. The normalized spacial score (nSPS) is 25.2. The number of benzene rings is 2. The summed E-state index contributed by atoms with van der Waals surface area (Å²) in [4.78, 5) is 0. The van der Waals surface area contributed by atoms with E-state index in [-0.39, 0.29) is 0 Å². The van der Waals surface area contributed by atoms with E-state index in [4.69, 9.17) is 21.1 Å². The minimum absolute atomic E-state index is 0.310. The summed E-state index contributed by atoms with van der Waals surface area (Å²) >= 11 is 6.32. The molecule has 0 bridgehead atoms. The SMILES string of the molecule is OCC1(CO)OC(c2ccc(Cl)c(Cc3ccc(OCC(F)F)cc3)c2)C(O)C(O)C1O. The second kappa shape index (κ2) is 10.4. The first kappa shape index (κ1) is 24.8. The molecule has 0 aliphatic carbocycles. The summed E-state index contributed by atoms with van der Waals surface area (Å²) < 4.78 is 35.2. The molecule has 2 aromatic rings. The van der Waals surface area contributed by atoms with Crippen molar-refractivity contribution in [3.63, 3.8) is 0 Å². The van der Waals surface area contributed by atoms with Crippen molar-refractivity contribution in [2.75, 3.05) is 19.8 Å². The van der Waals surface area contributed by atoms with Gasteiger partial charge >= 0.3 is 0 Å². The molecule has 1 heterocycles. The van der Waals surface area contributed by atoms with E-state index >= 15 is 0 Å². The number of halogens is 3. The average molecular weight is 475 g/mol. The molecule has 2 aromatic carbocycles. The fraction of sp³-hybridized carbons (Fsp3) is 0.455. The predicted molar refractivity (Wildman–Crippen MR) is 111 cm³/mol. The van der Waals surface area contributed by atoms with Crippen molar-refractivity contribution in [2.45, 2.75) is 42.9 Å². The Labute approximate surface area is 188 Å². The van der Waals surface area contributed by atoms with Gasteiger partial charge in [0, 0.05) is 5.02 Å². The van der Waals surface area contributed by atoms with Crippen LogP contribution >= 0.6 is 11.6 Å². The molecular weight excluding hydrogens is 450 g/mol. The van der Waals surface area contributed by atoms with Crippen molar-refractivity contribution in [1.82, 2.24) is 0 Å². The van der Waals surface area contributed by atoms with Crippen LogP contribution in [0.4, 0.5) is 8.78 Å². The van der Waals surface area contributed by atoms with E-state index in [0.29, 0.717) is 28.3 Å². The minimum Gasteiger partial charge on any atom is -0.488 e. The molecule has 0 amide bonds. The lowest BCUT2D eigenvalue weighted by molar-refractivity contribution is -0.289. The van der Waals surface area contributed by atoms with Crippen molar-refractivity contribution in [3.8, 4) is 5.75 Å². The molecule has 176 valence electrons. The third kappa shape index (κ3) is 5.20. The van der Waals surface area contributed by atoms with Crippen LogP contribution in [0.25, 0.3) is 0 Å². The zero-order chi connectivity index (χ0) is 23.5. The summed E-state index contributed by atoms with van der Waals surface area (Å²) in [6, 6.07) is 11.4. The Morgan fingerprint density at radius 3 is 2.25 bits per heavy atom. The lowest BCUT2D eigenvalue weighted by Crippen LogP contribution is -2.65. The summed E-state index contributed by atoms with van der Waals surface area (Å²) in [5, 5.41) is 50.6. The second-order valence-electron chi connectivity index (χ2n) is 7.72. The largest absolute Gasteiger partial charge is 0.488 e. The van der Waals surface area contributed by atoms with E-state index in [2.05, 4.69) is 0 Å². The number of hydrogen-bond donors (Lipinski definition) is 5. The molecule has 5 N–H and O–H groups in total. The van der Waals surface area contributed by atoms with Gasteiger partial charge in [-0.15, -0.1) is 0 Å². The van der Waals surface area contributed by atoms with Gasteiger partial charge in [-0.25, -0.2) is 8.78 Å². The van der Waals surface area contributed by atoms with Gasteiger partial charge in [0.25, 0.3) is 6.43 Å². The van der Waals surface area contributed by atoms with E-state index in [1.54, 1.807) is 42.5 Å². The quantitative estimate of drug-likeness (QED) is 0.393. The first-order valence-electron chi connectivity index (χ1n) is 9.92. The molecule has 1 fully saturated rings. The molecule has 1 saturated heterocycles. The van der Waals surface area contributed by atoms with Crippen LogP contribution in [0.2, 0.25) is 5.02 Å². The average Bonchev–Trinajstić information content (AvgIpc) is 2.79. The van der Waals surface area contributed by atoms with E-state index < -0.39 is 56.3 Å². The molecule has 0 radical (unpaired) electrons. The van der Waals surface area contributed by atoms with Crippen LogP contribution < -0.4 is 4.74 Å². The first-order chi connectivity index (χ1) is 15.2. The first-order valence-corrected chi connectivity index (χ1v) is 10.3. The van der Waals surface area contributed by atoms with Crippen LogP contribution in [0.1, 0.15) is 22.8 Å². The van der Waals surface area contributed by atoms with Crippen LogP contribution in [-0.4, -0.2) is 75.7 Å². The molecule has 32 heavy (non-hydrogen) atoms. The van der Waals surface area contributed by atoms with Gasteiger partial charge in [0.05, 0.1) is 13.2 Å². The summed E-state index contributed by atoms with van der Waals surface area (Å²) in [7, 11) is 0. The van der Waals surface area contributed by atoms with Crippen molar-refractivity contribution >= 4 is 11.6 Å². The molecule has 1 aliphatic heterocycles. The Kier molecular flexibility index (Phi) is 8.05. The molecular formula is C22H25ClF2O7. The van der Waals surface area contributed by atoms with Crippen molar-refractivity contribution < 1.29 is 43.8 Å².